The van der Waals surface area contributed by atoms with E-state index in [2.05, 4.69) is 15.6 Å². The van der Waals surface area contributed by atoms with Crippen LogP contribution in [0.25, 0.3) is 11.3 Å². The van der Waals surface area contributed by atoms with Crippen molar-refractivity contribution in [2.45, 2.75) is 71.1 Å². The number of hydrogen-bond donors (Lipinski definition) is 1. The van der Waals surface area contributed by atoms with Gasteiger partial charge in [-0.3, -0.25) is 9.59 Å². The molecule has 5 rings (SSSR count). The Balaban J connectivity index is 1.36. The van der Waals surface area contributed by atoms with Gasteiger partial charge in [0.1, 0.15) is 11.7 Å². The summed E-state index contributed by atoms with van der Waals surface area (Å²) in [6, 6.07) is 7.44. The van der Waals surface area contributed by atoms with Crippen molar-refractivity contribution in [2.24, 2.45) is 11.8 Å². The molecule has 1 aromatic heterocycles. The van der Waals surface area contributed by atoms with Gasteiger partial charge in [-0.15, -0.1) is 5.10 Å². The average Bonchev–Trinajstić information content (AvgIpc) is 3.66. The first-order valence-corrected chi connectivity index (χ1v) is 14.7. The van der Waals surface area contributed by atoms with E-state index >= 15 is 0 Å². The molecule has 9 nitrogen and oxygen atoms in total. The second-order valence-corrected chi connectivity index (χ2v) is 11.8. The van der Waals surface area contributed by atoms with Crippen molar-refractivity contribution in [3.63, 3.8) is 0 Å². The Hall–Kier alpha value is -4.22. The van der Waals surface area contributed by atoms with E-state index in [9.17, 15) is 27.6 Å². The standard InChI is InChI=1S/C32H36F3N5O4/c1-18-12-19(2)28(20(3)13-18)36-29(41)24-10-5-6-11-25(24)30(42)39-16-23(15-27(39)31(43)44-4)40-17-26(37-38-40)21-8-7-9-22(14-21)32(33,34)35/h7-9,12-14,17,23-25,27H,5-6,10-11,15-16H2,1-4H3,(H,36,41)/t23-,24?,25?,27-/m0/s1. The van der Waals surface area contributed by atoms with Gasteiger partial charge in [0.25, 0.3) is 0 Å². The molecule has 0 radical (unpaired) electrons. The number of alkyl halides is 3. The van der Waals surface area contributed by atoms with Crippen molar-refractivity contribution in [2.75, 3.05) is 19.0 Å². The first-order valence-electron chi connectivity index (χ1n) is 14.7. The summed E-state index contributed by atoms with van der Waals surface area (Å²) in [6.45, 7) is 5.99. The second-order valence-electron chi connectivity index (χ2n) is 11.8. The lowest BCUT2D eigenvalue weighted by molar-refractivity contribution is -0.154. The number of aryl methyl sites for hydroxylation is 3. The van der Waals surface area contributed by atoms with Crippen LogP contribution in [0.5, 0.6) is 0 Å². The van der Waals surface area contributed by atoms with Crippen LogP contribution in [0, 0.1) is 32.6 Å². The van der Waals surface area contributed by atoms with Crippen molar-refractivity contribution in [3.8, 4) is 11.3 Å². The minimum Gasteiger partial charge on any atom is -0.467 e. The molecular weight excluding hydrogens is 575 g/mol. The number of hydrogen-bond acceptors (Lipinski definition) is 6. The monoisotopic (exact) mass is 611 g/mol. The zero-order valence-corrected chi connectivity index (χ0v) is 25.1. The molecule has 2 amide bonds. The number of anilines is 1. The number of methoxy groups -OCH3 is 1. The third kappa shape index (κ3) is 6.34. The molecule has 2 unspecified atom stereocenters. The number of ether oxygens (including phenoxy) is 1. The summed E-state index contributed by atoms with van der Waals surface area (Å²) in [6.07, 6.45) is -0.129. The largest absolute Gasteiger partial charge is 0.467 e. The van der Waals surface area contributed by atoms with Crippen LogP contribution in [0.1, 0.15) is 60.4 Å². The van der Waals surface area contributed by atoms with Gasteiger partial charge in [0.2, 0.25) is 11.8 Å². The summed E-state index contributed by atoms with van der Waals surface area (Å²) in [5, 5.41) is 11.3. The molecule has 1 saturated heterocycles. The predicted octanol–water partition coefficient (Wildman–Crippen LogP) is 5.65. The second kappa shape index (κ2) is 12.4. The summed E-state index contributed by atoms with van der Waals surface area (Å²) < 4.78 is 46.3. The molecule has 1 N–H and O–H groups in total. The fraction of sp³-hybridized carbons (Fsp3) is 0.469. The maximum absolute atomic E-state index is 14.1. The van der Waals surface area contributed by atoms with Crippen LogP contribution in [-0.2, 0) is 25.3 Å². The maximum atomic E-state index is 14.1. The molecule has 234 valence electrons. The fourth-order valence-electron chi connectivity index (χ4n) is 6.60. The Morgan fingerprint density at radius 2 is 1.68 bits per heavy atom. The molecule has 0 bridgehead atoms. The zero-order chi connectivity index (χ0) is 31.8. The van der Waals surface area contributed by atoms with Gasteiger partial charge in [-0.1, -0.05) is 47.9 Å². The molecule has 2 aromatic carbocycles. The van der Waals surface area contributed by atoms with Crippen LogP contribution < -0.4 is 5.32 Å². The summed E-state index contributed by atoms with van der Waals surface area (Å²) in [5.41, 5.74) is 3.41. The van der Waals surface area contributed by atoms with Crippen LogP contribution in [0.2, 0.25) is 0 Å². The first kappa shape index (κ1) is 31.2. The average molecular weight is 612 g/mol. The Morgan fingerprint density at radius 3 is 2.34 bits per heavy atom. The van der Waals surface area contributed by atoms with Crippen LogP contribution in [0.3, 0.4) is 0 Å². The smallest absolute Gasteiger partial charge is 0.416 e. The summed E-state index contributed by atoms with van der Waals surface area (Å²) >= 11 is 0. The third-order valence-electron chi connectivity index (χ3n) is 8.75. The van der Waals surface area contributed by atoms with E-state index in [0.717, 1.165) is 47.4 Å². The predicted molar refractivity (Wildman–Crippen MR) is 156 cm³/mol. The van der Waals surface area contributed by atoms with E-state index in [1.54, 1.807) is 0 Å². The molecule has 2 heterocycles. The van der Waals surface area contributed by atoms with Crippen LogP contribution in [0.4, 0.5) is 18.9 Å². The molecule has 4 atom stereocenters. The van der Waals surface area contributed by atoms with Gasteiger partial charge in [0, 0.05) is 36.1 Å². The van der Waals surface area contributed by atoms with E-state index in [-0.39, 0.29) is 36.0 Å². The molecule has 3 aromatic rings. The van der Waals surface area contributed by atoms with Crippen molar-refractivity contribution >= 4 is 23.5 Å². The number of benzene rings is 2. The number of esters is 1. The number of halogens is 3. The van der Waals surface area contributed by atoms with Gasteiger partial charge in [0.15, 0.2) is 0 Å². The molecule has 2 aliphatic rings. The number of nitrogens with one attached hydrogen (secondary N) is 1. The lowest BCUT2D eigenvalue weighted by Crippen LogP contribution is -2.48. The Bertz CT molecular complexity index is 1550. The highest BCUT2D eigenvalue weighted by atomic mass is 19.4. The van der Waals surface area contributed by atoms with Gasteiger partial charge in [0.05, 0.1) is 24.9 Å². The van der Waals surface area contributed by atoms with E-state index in [0.29, 0.717) is 12.8 Å². The van der Waals surface area contributed by atoms with Gasteiger partial charge in [-0.05, 0) is 56.9 Å². The number of carbonyl (C=O) groups excluding carboxylic acids is 3. The molecule has 2 fully saturated rings. The lowest BCUT2D eigenvalue weighted by Gasteiger charge is -2.34. The van der Waals surface area contributed by atoms with Crippen molar-refractivity contribution in [1.29, 1.82) is 0 Å². The summed E-state index contributed by atoms with van der Waals surface area (Å²) in [7, 11) is 1.25. The fourth-order valence-corrected chi connectivity index (χ4v) is 6.60. The molecule has 0 spiro atoms. The Morgan fingerprint density at radius 1 is 1.00 bits per heavy atom. The van der Waals surface area contributed by atoms with Crippen LogP contribution in [-0.4, -0.2) is 57.4 Å². The zero-order valence-electron chi connectivity index (χ0n) is 25.1. The number of nitrogens with zero attached hydrogens (tertiary/aromatic N) is 4. The van der Waals surface area contributed by atoms with E-state index in [4.69, 9.17) is 4.74 Å². The van der Waals surface area contributed by atoms with Crippen molar-refractivity contribution < 1.29 is 32.3 Å². The highest BCUT2D eigenvalue weighted by Crippen LogP contribution is 2.38. The molecule has 44 heavy (non-hydrogen) atoms. The molecule has 1 saturated carbocycles. The van der Waals surface area contributed by atoms with Crippen LogP contribution >= 0.6 is 0 Å². The number of carbonyl (C=O) groups is 3. The molecule has 12 heteroatoms. The third-order valence-corrected chi connectivity index (χ3v) is 8.75. The minimum atomic E-state index is -4.50. The Kier molecular flexibility index (Phi) is 8.80. The highest BCUT2D eigenvalue weighted by Gasteiger charge is 2.46. The van der Waals surface area contributed by atoms with Crippen LogP contribution in [0.15, 0.2) is 42.6 Å². The highest BCUT2D eigenvalue weighted by molar-refractivity contribution is 5.98. The lowest BCUT2D eigenvalue weighted by atomic mass is 9.77. The topological polar surface area (TPSA) is 106 Å². The van der Waals surface area contributed by atoms with E-state index < -0.39 is 41.6 Å². The SMILES string of the molecule is COC(=O)[C@@H]1C[C@H](n2cc(-c3cccc(C(F)(F)F)c3)nn2)CN1C(=O)C1CCCCC1C(=O)Nc1c(C)cc(C)cc1C. The Labute approximate surface area is 253 Å². The van der Waals surface area contributed by atoms with E-state index in [1.807, 2.05) is 32.9 Å². The normalized spacial score (nSPS) is 22.1. The molecular formula is C32H36F3N5O4. The number of amides is 2. The summed E-state index contributed by atoms with van der Waals surface area (Å²) in [4.78, 5) is 42.0. The summed E-state index contributed by atoms with van der Waals surface area (Å²) in [5.74, 6) is -2.27. The molecule has 1 aliphatic heterocycles. The van der Waals surface area contributed by atoms with Crippen molar-refractivity contribution in [1.82, 2.24) is 19.9 Å². The van der Waals surface area contributed by atoms with Gasteiger partial charge in [-0.2, -0.15) is 13.2 Å². The quantitative estimate of drug-likeness (QED) is 0.361. The number of rotatable bonds is 6. The van der Waals surface area contributed by atoms with Crippen molar-refractivity contribution in [3.05, 3.63) is 64.8 Å². The van der Waals surface area contributed by atoms with Gasteiger partial charge >= 0.3 is 12.1 Å². The van der Waals surface area contributed by atoms with Gasteiger partial charge < -0.3 is 15.0 Å². The number of aromatic nitrogens is 3. The number of likely N-dealkylation sites (tertiary alicyclic amines) is 1. The maximum Gasteiger partial charge on any atom is 0.416 e. The van der Waals surface area contributed by atoms with Gasteiger partial charge in [-0.25, -0.2) is 9.48 Å². The molecule has 1 aliphatic carbocycles. The van der Waals surface area contributed by atoms with E-state index in [1.165, 1.54) is 35.0 Å². The minimum absolute atomic E-state index is 0.116. The first-order chi connectivity index (χ1) is 20.9.